The number of hydrogen-bond acceptors (Lipinski definition) is 2. The molecule has 1 rings (SSSR count). The molecule has 0 saturated heterocycles. The Balaban J connectivity index is 2.47. The maximum Gasteiger partial charge on any atom is 0.133 e. The molecule has 0 aliphatic rings. The molecule has 1 aromatic carbocycles. The fourth-order valence-corrected chi connectivity index (χ4v) is 1.83. The Morgan fingerprint density at radius 1 is 1.33 bits per heavy atom. The van der Waals surface area contributed by atoms with Crippen LogP contribution in [0.25, 0.3) is 0 Å². The van der Waals surface area contributed by atoms with Crippen molar-refractivity contribution in [1.29, 1.82) is 0 Å². The third-order valence-electron chi connectivity index (χ3n) is 2.19. The monoisotopic (exact) mass is 271 g/mol. The van der Waals surface area contributed by atoms with Crippen LogP contribution in [0.2, 0.25) is 0 Å². The Labute approximate surface area is 100 Å². The highest BCUT2D eigenvalue weighted by Crippen LogP contribution is 2.25. The van der Waals surface area contributed by atoms with E-state index in [1.807, 2.05) is 6.07 Å². The molecule has 3 heteroatoms. The van der Waals surface area contributed by atoms with Crippen LogP contribution < -0.4 is 10.1 Å². The van der Waals surface area contributed by atoms with Gasteiger partial charge in [-0.3, -0.25) is 0 Å². The van der Waals surface area contributed by atoms with Gasteiger partial charge in [0.05, 0.1) is 4.47 Å². The predicted molar refractivity (Wildman–Crippen MR) is 67.6 cm³/mol. The van der Waals surface area contributed by atoms with E-state index in [4.69, 9.17) is 4.74 Å². The topological polar surface area (TPSA) is 21.3 Å². The van der Waals surface area contributed by atoms with Crippen LogP contribution in [0.1, 0.15) is 19.4 Å². The molecule has 0 amide bonds. The highest BCUT2D eigenvalue weighted by atomic mass is 79.9. The lowest BCUT2D eigenvalue weighted by atomic mass is 10.2. The summed E-state index contributed by atoms with van der Waals surface area (Å²) >= 11 is 3.51. The molecule has 0 atom stereocenters. The Bertz CT molecular complexity index is 302. The van der Waals surface area contributed by atoms with Crippen molar-refractivity contribution in [1.82, 2.24) is 5.32 Å². The van der Waals surface area contributed by atoms with Crippen molar-refractivity contribution < 1.29 is 4.74 Å². The van der Waals surface area contributed by atoms with Gasteiger partial charge in [0.2, 0.25) is 0 Å². The summed E-state index contributed by atoms with van der Waals surface area (Å²) in [7, 11) is 0. The molecule has 0 aliphatic heterocycles. The summed E-state index contributed by atoms with van der Waals surface area (Å²) in [6.07, 6.45) is 1.05. The molecule has 0 bridgehead atoms. The largest absolute Gasteiger partial charge is 0.491 e. The van der Waals surface area contributed by atoms with Gasteiger partial charge in [0.15, 0.2) is 0 Å². The summed E-state index contributed by atoms with van der Waals surface area (Å²) in [5, 5.41) is 3.22. The molecule has 0 unspecified atom stereocenters. The number of aryl methyl sites for hydroxylation is 1. The SMILES string of the molecule is CCNCCOc1ccc(CC)cc1Br. The van der Waals surface area contributed by atoms with E-state index in [-0.39, 0.29) is 0 Å². The zero-order valence-corrected chi connectivity index (χ0v) is 10.9. The van der Waals surface area contributed by atoms with E-state index in [0.29, 0.717) is 6.61 Å². The summed E-state index contributed by atoms with van der Waals surface area (Å²) in [5.74, 6) is 0.921. The van der Waals surface area contributed by atoms with E-state index in [9.17, 15) is 0 Å². The third kappa shape index (κ3) is 4.22. The molecular formula is C12H18BrNO. The number of nitrogens with one attached hydrogen (secondary N) is 1. The molecule has 0 aromatic heterocycles. The van der Waals surface area contributed by atoms with E-state index in [1.54, 1.807) is 0 Å². The molecule has 0 heterocycles. The molecule has 84 valence electrons. The summed E-state index contributed by atoms with van der Waals surface area (Å²) < 4.78 is 6.67. The molecule has 0 spiro atoms. The maximum atomic E-state index is 5.63. The molecule has 2 nitrogen and oxygen atoms in total. The molecule has 1 N–H and O–H groups in total. The molecule has 1 aromatic rings. The van der Waals surface area contributed by atoms with Crippen molar-refractivity contribution in [2.24, 2.45) is 0 Å². The van der Waals surface area contributed by atoms with Gasteiger partial charge in [-0.15, -0.1) is 0 Å². The lowest BCUT2D eigenvalue weighted by Crippen LogP contribution is -2.20. The van der Waals surface area contributed by atoms with Crippen LogP contribution in [0, 0.1) is 0 Å². The van der Waals surface area contributed by atoms with Crippen molar-refractivity contribution in [3.63, 3.8) is 0 Å². The minimum atomic E-state index is 0.706. The summed E-state index contributed by atoms with van der Waals surface area (Å²) in [5.41, 5.74) is 1.32. The smallest absolute Gasteiger partial charge is 0.133 e. The minimum absolute atomic E-state index is 0.706. The first-order chi connectivity index (χ1) is 7.27. The van der Waals surface area contributed by atoms with Gasteiger partial charge in [-0.05, 0) is 46.6 Å². The first kappa shape index (κ1) is 12.5. The van der Waals surface area contributed by atoms with Gasteiger partial charge in [-0.1, -0.05) is 19.9 Å². The van der Waals surface area contributed by atoms with E-state index in [2.05, 4.69) is 47.2 Å². The second-order valence-electron chi connectivity index (χ2n) is 3.32. The van der Waals surface area contributed by atoms with Crippen LogP contribution in [0.15, 0.2) is 22.7 Å². The molecule has 0 aliphatic carbocycles. The highest BCUT2D eigenvalue weighted by molar-refractivity contribution is 9.10. The van der Waals surface area contributed by atoms with Crippen LogP contribution in [-0.4, -0.2) is 19.7 Å². The third-order valence-corrected chi connectivity index (χ3v) is 2.81. The quantitative estimate of drug-likeness (QED) is 0.804. The van der Waals surface area contributed by atoms with Gasteiger partial charge in [-0.25, -0.2) is 0 Å². The first-order valence-electron chi connectivity index (χ1n) is 5.39. The van der Waals surface area contributed by atoms with E-state index in [0.717, 1.165) is 29.7 Å². The minimum Gasteiger partial charge on any atom is -0.491 e. The highest BCUT2D eigenvalue weighted by Gasteiger charge is 2.01. The van der Waals surface area contributed by atoms with Gasteiger partial charge in [-0.2, -0.15) is 0 Å². The lowest BCUT2D eigenvalue weighted by molar-refractivity contribution is 0.313. The van der Waals surface area contributed by atoms with Crippen molar-refractivity contribution in [3.05, 3.63) is 28.2 Å². The number of likely N-dealkylation sites (N-methyl/N-ethyl adjacent to an activating group) is 1. The van der Waals surface area contributed by atoms with E-state index >= 15 is 0 Å². The van der Waals surface area contributed by atoms with Gasteiger partial charge < -0.3 is 10.1 Å². The van der Waals surface area contributed by atoms with Crippen LogP contribution in [0.5, 0.6) is 5.75 Å². The summed E-state index contributed by atoms with van der Waals surface area (Å²) in [6, 6.07) is 6.24. The number of hydrogen-bond donors (Lipinski definition) is 1. The number of rotatable bonds is 6. The second-order valence-corrected chi connectivity index (χ2v) is 4.17. The van der Waals surface area contributed by atoms with Crippen LogP contribution in [0.4, 0.5) is 0 Å². The van der Waals surface area contributed by atoms with Gasteiger partial charge >= 0.3 is 0 Å². The fraction of sp³-hybridized carbons (Fsp3) is 0.500. The number of ether oxygens (including phenoxy) is 1. The molecule has 15 heavy (non-hydrogen) atoms. The van der Waals surface area contributed by atoms with Crippen LogP contribution in [0.3, 0.4) is 0 Å². The Morgan fingerprint density at radius 2 is 2.13 bits per heavy atom. The zero-order chi connectivity index (χ0) is 11.1. The van der Waals surface area contributed by atoms with Crippen molar-refractivity contribution in [2.75, 3.05) is 19.7 Å². The van der Waals surface area contributed by atoms with Gasteiger partial charge in [0, 0.05) is 6.54 Å². The number of benzene rings is 1. The number of halogens is 1. The molecule has 0 radical (unpaired) electrons. The summed E-state index contributed by atoms with van der Waals surface area (Å²) in [6.45, 7) is 6.81. The molecule has 0 saturated carbocycles. The van der Waals surface area contributed by atoms with Crippen LogP contribution >= 0.6 is 15.9 Å². The average Bonchev–Trinajstić information content (AvgIpc) is 2.26. The zero-order valence-electron chi connectivity index (χ0n) is 9.35. The van der Waals surface area contributed by atoms with Crippen molar-refractivity contribution in [3.8, 4) is 5.75 Å². The standard InChI is InChI=1S/C12H18BrNO/c1-3-10-5-6-12(11(13)9-10)15-8-7-14-4-2/h5-6,9,14H,3-4,7-8H2,1-2H3. The van der Waals surface area contributed by atoms with Crippen LogP contribution in [-0.2, 0) is 6.42 Å². The fourth-order valence-electron chi connectivity index (χ4n) is 1.29. The average molecular weight is 272 g/mol. The van der Waals surface area contributed by atoms with E-state index < -0.39 is 0 Å². The van der Waals surface area contributed by atoms with Crippen molar-refractivity contribution >= 4 is 15.9 Å². The summed E-state index contributed by atoms with van der Waals surface area (Å²) in [4.78, 5) is 0. The van der Waals surface area contributed by atoms with Crippen molar-refractivity contribution in [2.45, 2.75) is 20.3 Å². The maximum absolute atomic E-state index is 5.63. The Hall–Kier alpha value is -0.540. The second kappa shape index (κ2) is 6.85. The normalized spacial score (nSPS) is 10.3. The molecule has 0 fully saturated rings. The lowest BCUT2D eigenvalue weighted by Gasteiger charge is -2.09. The predicted octanol–water partition coefficient (Wildman–Crippen LogP) is 3.00. The Morgan fingerprint density at radius 3 is 2.73 bits per heavy atom. The molecular weight excluding hydrogens is 254 g/mol. The first-order valence-corrected chi connectivity index (χ1v) is 6.19. The Kier molecular flexibility index (Phi) is 5.73. The van der Waals surface area contributed by atoms with E-state index in [1.165, 1.54) is 5.56 Å². The van der Waals surface area contributed by atoms with Gasteiger partial charge in [0.25, 0.3) is 0 Å². The van der Waals surface area contributed by atoms with Gasteiger partial charge in [0.1, 0.15) is 12.4 Å².